The number of benzene rings is 2. The Bertz CT molecular complexity index is 578. The highest BCUT2D eigenvalue weighted by atomic mass is 16.5. The molecular weight excluding hydrogens is 232 g/mol. The molecule has 2 aromatic rings. The molecule has 100 valence electrons. The van der Waals surface area contributed by atoms with Gasteiger partial charge < -0.3 is 4.74 Å². The van der Waals surface area contributed by atoms with Gasteiger partial charge in [-0.15, -0.1) is 0 Å². The third-order valence-electron chi connectivity index (χ3n) is 4.17. The van der Waals surface area contributed by atoms with Crippen LogP contribution in [0.1, 0.15) is 33.4 Å². The lowest BCUT2D eigenvalue weighted by Crippen LogP contribution is -2.00. The van der Waals surface area contributed by atoms with E-state index in [1.165, 1.54) is 33.4 Å². The molecule has 0 saturated carbocycles. The summed E-state index contributed by atoms with van der Waals surface area (Å²) >= 11 is 0. The molecule has 0 N–H and O–H groups in total. The molecule has 0 fully saturated rings. The molecule has 0 saturated heterocycles. The highest BCUT2D eigenvalue weighted by Crippen LogP contribution is 2.35. The number of ether oxygens (including phenoxy) is 1. The van der Waals surface area contributed by atoms with E-state index in [1.54, 1.807) is 0 Å². The highest BCUT2D eigenvalue weighted by molar-refractivity contribution is 5.54. The summed E-state index contributed by atoms with van der Waals surface area (Å²) in [5.74, 6) is 1.91. The molecule has 0 aromatic heterocycles. The Morgan fingerprint density at radius 2 is 1.00 bits per heavy atom. The van der Waals surface area contributed by atoms with Crippen LogP contribution in [0.3, 0.4) is 0 Å². The van der Waals surface area contributed by atoms with Gasteiger partial charge in [0.25, 0.3) is 0 Å². The van der Waals surface area contributed by atoms with Gasteiger partial charge in [-0.25, -0.2) is 0 Å². The van der Waals surface area contributed by atoms with Gasteiger partial charge in [0.15, 0.2) is 0 Å². The van der Waals surface area contributed by atoms with Crippen molar-refractivity contribution in [1.82, 2.24) is 0 Å². The maximum atomic E-state index is 6.11. The minimum absolute atomic E-state index is 0.902. The molecule has 0 atom stereocenters. The quantitative estimate of drug-likeness (QED) is 0.704. The van der Waals surface area contributed by atoms with Gasteiger partial charge in [-0.05, 0) is 81.5 Å². The Balaban J connectivity index is 2.48. The summed E-state index contributed by atoms with van der Waals surface area (Å²) in [5.41, 5.74) is 7.74. The fourth-order valence-corrected chi connectivity index (χ4v) is 2.34. The van der Waals surface area contributed by atoms with Crippen LogP contribution in [-0.4, -0.2) is 0 Å². The lowest BCUT2D eigenvalue weighted by atomic mass is 9.94. The minimum Gasteiger partial charge on any atom is -0.457 e. The molecule has 0 radical (unpaired) electrons. The zero-order valence-corrected chi connectivity index (χ0v) is 12.7. The molecule has 0 bridgehead atoms. The first-order valence-corrected chi connectivity index (χ1v) is 6.73. The first-order valence-electron chi connectivity index (χ1n) is 6.73. The second kappa shape index (κ2) is 5.08. The fourth-order valence-electron chi connectivity index (χ4n) is 2.34. The third kappa shape index (κ3) is 2.51. The SMILES string of the molecule is Cc1ccc(Oc2c(C)c(C)c(C)c(C)c2C)cc1. The Kier molecular flexibility index (Phi) is 3.66. The van der Waals surface area contributed by atoms with E-state index < -0.39 is 0 Å². The van der Waals surface area contributed by atoms with Crippen molar-refractivity contribution in [2.24, 2.45) is 0 Å². The van der Waals surface area contributed by atoms with Gasteiger partial charge in [0.2, 0.25) is 0 Å². The molecular formula is C18H22O. The van der Waals surface area contributed by atoms with E-state index in [1.807, 2.05) is 12.1 Å². The maximum absolute atomic E-state index is 6.11. The molecule has 1 heteroatoms. The molecule has 0 aliphatic carbocycles. The zero-order chi connectivity index (χ0) is 14.2. The average Bonchev–Trinajstić information content (AvgIpc) is 2.41. The van der Waals surface area contributed by atoms with E-state index in [0.29, 0.717) is 0 Å². The molecule has 0 aliphatic heterocycles. The lowest BCUT2D eigenvalue weighted by molar-refractivity contribution is 0.473. The third-order valence-corrected chi connectivity index (χ3v) is 4.17. The standard InChI is InChI=1S/C18H22O/c1-11-7-9-17(10-8-11)19-18-15(5)13(3)12(2)14(4)16(18)6/h7-10H,1-6H3. The van der Waals surface area contributed by atoms with E-state index >= 15 is 0 Å². The van der Waals surface area contributed by atoms with Gasteiger partial charge in [-0.2, -0.15) is 0 Å². The van der Waals surface area contributed by atoms with Crippen LogP contribution in [-0.2, 0) is 0 Å². The summed E-state index contributed by atoms with van der Waals surface area (Å²) in [5, 5.41) is 0. The Labute approximate surface area is 116 Å². The average molecular weight is 254 g/mol. The number of hydrogen-bond acceptors (Lipinski definition) is 1. The predicted molar refractivity (Wildman–Crippen MR) is 81.4 cm³/mol. The Hall–Kier alpha value is -1.76. The van der Waals surface area contributed by atoms with Gasteiger partial charge in [0.1, 0.15) is 11.5 Å². The molecule has 0 amide bonds. The van der Waals surface area contributed by atoms with E-state index in [0.717, 1.165) is 11.5 Å². The summed E-state index contributed by atoms with van der Waals surface area (Å²) in [6.45, 7) is 12.9. The molecule has 2 rings (SSSR count). The van der Waals surface area contributed by atoms with Crippen molar-refractivity contribution in [1.29, 1.82) is 0 Å². The molecule has 0 aliphatic rings. The Morgan fingerprint density at radius 3 is 1.47 bits per heavy atom. The van der Waals surface area contributed by atoms with Crippen molar-refractivity contribution in [3.8, 4) is 11.5 Å². The van der Waals surface area contributed by atoms with Crippen molar-refractivity contribution in [3.05, 3.63) is 57.6 Å². The van der Waals surface area contributed by atoms with Crippen LogP contribution in [0.15, 0.2) is 24.3 Å². The number of hydrogen-bond donors (Lipinski definition) is 0. The minimum atomic E-state index is 0.902. The summed E-state index contributed by atoms with van der Waals surface area (Å²) in [4.78, 5) is 0. The lowest BCUT2D eigenvalue weighted by Gasteiger charge is -2.19. The predicted octanol–water partition coefficient (Wildman–Crippen LogP) is 5.33. The molecule has 19 heavy (non-hydrogen) atoms. The van der Waals surface area contributed by atoms with Gasteiger partial charge >= 0.3 is 0 Å². The molecule has 0 heterocycles. The summed E-state index contributed by atoms with van der Waals surface area (Å²) in [6, 6.07) is 8.21. The monoisotopic (exact) mass is 254 g/mol. The van der Waals surface area contributed by atoms with Gasteiger partial charge in [0, 0.05) is 0 Å². The maximum Gasteiger partial charge on any atom is 0.133 e. The van der Waals surface area contributed by atoms with Crippen molar-refractivity contribution >= 4 is 0 Å². The van der Waals surface area contributed by atoms with Crippen LogP contribution in [0.4, 0.5) is 0 Å². The van der Waals surface area contributed by atoms with E-state index in [4.69, 9.17) is 4.74 Å². The van der Waals surface area contributed by atoms with Crippen LogP contribution in [0.25, 0.3) is 0 Å². The van der Waals surface area contributed by atoms with Crippen molar-refractivity contribution in [2.75, 3.05) is 0 Å². The van der Waals surface area contributed by atoms with Gasteiger partial charge in [-0.1, -0.05) is 17.7 Å². The molecule has 0 spiro atoms. The van der Waals surface area contributed by atoms with Crippen LogP contribution in [0, 0.1) is 41.5 Å². The fraction of sp³-hybridized carbons (Fsp3) is 0.333. The van der Waals surface area contributed by atoms with Gasteiger partial charge in [-0.3, -0.25) is 0 Å². The zero-order valence-electron chi connectivity index (χ0n) is 12.7. The molecule has 2 aromatic carbocycles. The van der Waals surface area contributed by atoms with Crippen LogP contribution < -0.4 is 4.74 Å². The van der Waals surface area contributed by atoms with Crippen molar-refractivity contribution in [2.45, 2.75) is 41.5 Å². The summed E-state index contributed by atoms with van der Waals surface area (Å²) in [7, 11) is 0. The summed E-state index contributed by atoms with van der Waals surface area (Å²) < 4.78 is 6.11. The van der Waals surface area contributed by atoms with Crippen LogP contribution in [0.2, 0.25) is 0 Å². The van der Waals surface area contributed by atoms with Gasteiger partial charge in [0.05, 0.1) is 0 Å². The smallest absolute Gasteiger partial charge is 0.133 e. The Morgan fingerprint density at radius 1 is 0.579 bits per heavy atom. The molecule has 1 nitrogen and oxygen atoms in total. The molecule has 0 unspecified atom stereocenters. The van der Waals surface area contributed by atoms with E-state index in [-0.39, 0.29) is 0 Å². The largest absolute Gasteiger partial charge is 0.457 e. The normalized spacial score (nSPS) is 10.6. The van der Waals surface area contributed by atoms with E-state index in [9.17, 15) is 0 Å². The van der Waals surface area contributed by atoms with Crippen molar-refractivity contribution < 1.29 is 4.74 Å². The second-order valence-corrected chi connectivity index (χ2v) is 5.37. The second-order valence-electron chi connectivity index (χ2n) is 5.37. The van der Waals surface area contributed by atoms with E-state index in [2.05, 4.69) is 53.7 Å². The van der Waals surface area contributed by atoms with Crippen molar-refractivity contribution in [3.63, 3.8) is 0 Å². The van der Waals surface area contributed by atoms with Crippen LogP contribution in [0.5, 0.6) is 11.5 Å². The summed E-state index contributed by atoms with van der Waals surface area (Å²) in [6.07, 6.45) is 0. The van der Waals surface area contributed by atoms with Crippen LogP contribution >= 0.6 is 0 Å². The topological polar surface area (TPSA) is 9.23 Å². The first-order chi connectivity index (χ1) is 8.91. The number of rotatable bonds is 2. The highest BCUT2D eigenvalue weighted by Gasteiger charge is 2.13. The number of aryl methyl sites for hydroxylation is 1. The first kappa shape index (κ1) is 13.7.